The van der Waals surface area contributed by atoms with Gasteiger partial charge in [-0.2, -0.15) is 0 Å². The van der Waals surface area contributed by atoms with Gasteiger partial charge in [0.1, 0.15) is 18.2 Å². The summed E-state index contributed by atoms with van der Waals surface area (Å²) >= 11 is 0. The third kappa shape index (κ3) is 1.81. The normalized spacial score (nSPS) is 33.3. The van der Waals surface area contributed by atoms with E-state index in [9.17, 15) is 5.11 Å². The molecule has 1 aromatic rings. The molecule has 0 aliphatic carbocycles. The maximum absolute atomic E-state index is 9.35. The Morgan fingerprint density at radius 2 is 2.26 bits per heavy atom. The van der Waals surface area contributed by atoms with Gasteiger partial charge in [-0.1, -0.05) is 13.8 Å². The van der Waals surface area contributed by atoms with Crippen molar-refractivity contribution in [3.05, 3.63) is 6.33 Å². The average Bonchev–Trinajstić information content (AvgIpc) is 2.94. The molecule has 4 unspecified atom stereocenters. The van der Waals surface area contributed by atoms with Crippen molar-refractivity contribution in [2.45, 2.75) is 26.2 Å². The van der Waals surface area contributed by atoms with Crippen LogP contribution in [0.1, 0.15) is 13.8 Å². The van der Waals surface area contributed by atoms with E-state index >= 15 is 0 Å². The molecule has 4 atom stereocenters. The Morgan fingerprint density at radius 1 is 1.47 bits per heavy atom. The molecule has 4 N–H and O–H groups in total. The largest absolute Gasteiger partial charge is 0.394 e. The number of hydrogen-bond donors (Lipinski definition) is 3. The van der Waals surface area contributed by atoms with Crippen LogP contribution in [0.25, 0.3) is 0 Å². The van der Waals surface area contributed by atoms with E-state index in [2.05, 4.69) is 29.1 Å². The van der Waals surface area contributed by atoms with Crippen LogP contribution in [-0.4, -0.2) is 40.7 Å². The predicted octanol–water partition coefficient (Wildman–Crippen LogP) is 0.238. The van der Waals surface area contributed by atoms with Crippen molar-refractivity contribution in [3.8, 4) is 0 Å². The molecule has 104 valence electrons. The standard InChI is InChI=1S/C12H19N5O2/c1-6-7(2)12(19-8(6)3-18)17-5-16-9-10(13)14-4-15-11(9)17/h4,6-8,12,16,18H,3,5H2,1-2H3,(H2,13,14,15). The highest BCUT2D eigenvalue weighted by atomic mass is 16.5. The molecule has 1 aromatic heterocycles. The molecule has 2 aliphatic rings. The molecule has 3 heterocycles. The topological polar surface area (TPSA) is 96.5 Å². The number of nitrogen functional groups attached to an aromatic ring is 1. The van der Waals surface area contributed by atoms with E-state index in [1.165, 1.54) is 6.33 Å². The van der Waals surface area contributed by atoms with Crippen LogP contribution in [0.4, 0.5) is 17.3 Å². The van der Waals surface area contributed by atoms with Crippen molar-refractivity contribution >= 4 is 17.3 Å². The first-order valence-corrected chi connectivity index (χ1v) is 6.50. The van der Waals surface area contributed by atoms with Gasteiger partial charge in [0.2, 0.25) is 0 Å². The Hall–Kier alpha value is -1.60. The Morgan fingerprint density at radius 3 is 2.95 bits per heavy atom. The van der Waals surface area contributed by atoms with Crippen molar-refractivity contribution in [2.24, 2.45) is 11.8 Å². The minimum Gasteiger partial charge on any atom is -0.394 e. The maximum Gasteiger partial charge on any atom is 0.161 e. The molecule has 0 radical (unpaired) electrons. The van der Waals surface area contributed by atoms with E-state index in [1.54, 1.807) is 0 Å². The summed E-state index contributed by atoms with van der Waals surface area (Å²) in [6.45, 7) is 4.87. The molecule has 0 bridgehead atoms. The fourth-order valence-electron chi connectivity index (χ4n) is 2.82. The van der Waals surface area contributed by atoms with Gasteiger partial charge >= 0.3 is 0 Å². The molecular formula is C12H19N5O2. The molecule has 2 aliphatic heterocycles. The van der Waals surface area contributed by atoms with Crippen LogP contribution in [0.15, 0.2) is 6.33 Å². The SMILES string of the molecule is CC1C(CO)OC(N2CNc3c(N)ncnc32)C1C. The highest BCUT2D eigenvalue weighted by Crippen LogP contribution is 2.40. The summed E-state index contributed by atoms with van der Waals surface area (Å²) in [4.78, 5) is 10.3. The molecule has 0 aromatic carbocycles. The van der Waals surface area contributed by atoms with Gasteiger partial charge in [0.15, 0.2) is 11.6 Å². The fourth-order valence-corrected chi connectivity index (χ4v) is 2.82. The van der Waals surface area contributed by atoms with Crippen LogP contribution in [0.3, 0.4) is 0 Å². The van der Waals surface area contributed by atoms with E-state index in [0.717, 1.165) is 11.5 Å². The van der Waals surface area contributed by atoms with Crippen molar-refractivity contribution in [1.29, 1.82) is 0 Å². The molecule has 19 heavy (non-hydrogen) atoms. The number of hydrogen-bond acceptors (Lipinski definition) is 7. The van der Waals surface area contributed by atoms with E-state index in [4.69, 9.17) is 10.5 Å². The molecule has 0 saturated carbocycles. The Labute approximate surface area is 111 Å². The van der Waals surface area contributed by atoms with Gasteiger partial charge in [-0.15, -0.1) is 0 Å². The van der Waals surface area contributed by atoms with Crippen LogP contribution in [0.2, 0.25) is 0 Å². The zero-order chi connectivity index (χ0) is 13.6. The highest BCUT2D eigenvalue weighted by molar-refractivity contribution is 5.79. The van der Waals surface area contributed by atoms with Gasteiger partial charge in [0.05, 0.1) is 19.4 Å². The first kappa shape index (κ1) is 12.4. The number of fused-ring (bicyclic) bond motifs is 1. The van der Waals surface area contributed by atoms with Crippen LogP contribution in [-0.2, 0) is 4.74 Å². The second kappa shape index (κ2) is 4.50. The van der Waals surface area contributed by atoms with E-state index in [1.807, 2.05) is 4.90 Å². The predicted molar refractivity (Wildman–Crippen MR) is 71.5 cm³/mol. The van der Waals surface area contributed by atoms with Crippen LogP contribution in [0.5, 0.6) is 0 Å². The number of aliphatic hydroxyl groups excluding tert-OH is 1. The smallest absolute Gasteiger partial charge is 0.161 e. The van der Waals surface area contributed by atoms with Crippen molar-refractivity contribution in [2.75, 3.05) is 29.2 Å². The molecule has 0 spiro atoms. The van der Waals surface area contributed by atoms with Crippen molar-refractivity contribution < 1.29 is 9.84 Å². The van der Waals surface area contributed by atoms with Gasteiger partial charge in [0, 0.05) is 5.92 Å². The third-order valence-electron chi connectivity index (χ3n) is 4.22. The number of nitrogens with two attached hydrogens (primary N) is 1. The molecule has 7 nitrogen and oxygen atoms in total. The number of anilines is 3. The van der Waals surface area contributed by atoms with Gasteiger partial charge in [-0.3, -0.25) is 0 Å². The summed E-state index contributed by atoms with van der Waals surface area (Å²) in [5.41, 5.74) is 6.59. The lowest BCUT2D eigenvalue weighted by Gasteiger charge is -2.27. The molecule has 7 heteroatoms. The zero-order valence-electron chi connectivity index (χ0n) is 11.1. The lowest BCUT2D eigenvalue weighted by atomic mass is 9.93. The average molecular weight is 265 g/mol. The van der Waals surface area contributed by atoms with Crippen LogP contribution in [0, 0.1) is 11.8 Å². The van der Waals surface area contributed by atoms with Crippen LogP contribution < -0.4 is 16.0 Å². The second-order valence-electron chi connectivity index (χ2n) is 5.23. The van der Waals surface area contributed by atoms with Crippen molar-refractivity contribution in [3.63, 3.8) is 0 Å². The van der Waals surface area contributed by atoms with Gasteiger partial charge in [-0.05, 0) is 5.92 Å². The molecule has 1 fully saturated rings. The highest BCUT2D eigenvalue weighted by Gasteiger charge is 2.44. The summed E-state index contributed by atoms with van der Waals surface area (Å²) in [5.74, 6) is 1.83. The quantitative estimate of drug-likeness (QED) is 0.704. The first-order valence-electron chi connectivity index (χ1n) is 6.50. The van der Waals surface area contributed by atoms with E-state index in [0.29, 0.717) is 24.3 Å². The monoisotopic (exact) mass is 265 g/mol. The number of nitrogens with one attached hydrogen (secondary N) is 1. The summed E-state index contributed by atoms with van der Waals surface area (Å²) in [6.07, 6.45) is 1.24. The summed E-state index contributed by atoms with van der Waals surface area (Å²) < 4.78 is 5.95. The summed E-state index contributed by atoms with van der Waals surface area (Å²) in [6, 6.07) is 0. The number of nitrogens with zero attached hydrogens (tertiary/aromatic N) is 3. The van der Waals surface area contributed by atoms with E-state index < -0.39 is 0 Å². The Balaban J connectivity index is 1.88. The first-order chi connectivity index (χ1) is 9.13. The number of rotatable bonds is 2. The van der Waals surface area contributed by atoms with Gasteiger partial charge < -0.3 is 25.8 Å². The maximum atomic E-state index is 9.35. The molecule has 1 saturated heterocycles. The van der Waals surface area contributed by atoms with Gasteiger partial charge in [0.25, 0.3) is 0 Å². The lowest BCUT2D eigenvalue weighted by molar-refractivity contribution is -0.00143. The minimum atomic E-state index is -0.122. The molecular weight excluding hydrogens is 246 g/mol. The fraction of sp³-hybridized carbons (Fsp3) is 0.667. The summed E-state index contributed by atoms with van der Waals surface area (Å²) in [5, 5.41) is 12.5. The van der Waals surface area contributed by atoms with Crippen LogP contribution >= 0.6 is 0 Å². The minimum absolute atomic E-state index is 0.0437. The third-order valence-corrected chi connectivity index (χ3v) is 4.22. The second-order valence-corrected chi connectivity index (χ2v) is 5.23. The Bertz CT molecular complexity index is 483. The molecule has 3 rings (SSSR count). The number of ether oxygens (including phenoxy) is 1. The number of aromatic nitrogens is 2. The molecule has 0 amide bonds. The summed E-state index contributed by atoms with van der Waals surface area (Å²) in [7, 11) is 0. The van der Waals surface area contributed by atoms with E-state index in [-0.39, 0.29) is 18.9 Å². The number of aliphatic hydroxyl groups is 1. The van der Waals surface area contributed by atoms with Gasteiger partial charge in [-0.25, -0.2) is 9.97 Å². The lowest BCUT2D eigenvalue weighted by Crippen LogP contribution is -2.39. The van der Waals surface area contributed by atoms with Crippen molar-refractivity contribution in [1.82, 2.24) is 9.97 Å². The Kier molecular flexibility index (Phi) is 2.94. The zero-order valence-corrected chi connectivity index (χ0v) is 11.1.